The molecule has 0 aromatic carbocycles. The summed E-state index contributed by atoms with van der Waals surface area (Å²) in [6, 6.07) is 0. The molecule has 0 fully saturated rings. The van der Waals surface area contributed by atoms with Crippen LogP contribution in [0, 0.1) is 0 Å². The number of phosphoric ester groups is 1. The lowest BCUT2D eigenvalue weighted by atomic mass is 10.0. The molecule has 0 aliphatic heterocycles. The smallest absolute Gasteiger partial charge is 0.462 e. The third-order valence-corrected chi connectivity index (χ3v) is 13.9. The van der Waals surface area contributed by atoms with E-state index in [1.54, 1.807) is 0 Å². The SMILES string of the molecule is CCCCCCCC/C=C/CCCCCCCCCCCCCC(=O)OC[C@H](COP(=O)(O)OC[C@@H](O)CO)OC(=O)CCCCCCCCCCCCCCCCCCCCCCCCC. The number of unbranched alkanes of at least 4 members (excludes halogenated alkanes) is 39. The van der Waals surface area contributed by atoms with E-state index in [-0.39, 0.29) is 19.4 Å². The van der Waals surface area contributed by atoms with Crippen molar-refractivity contribution in [2.24, 2.45) is 0 Å². The molecular formula is C56H109O10P. The van der Waals surface area contributed by atoms with E-state index in [2.05, 4.69) is 26.0 Å². The summed E-state index contributed by atoms with van der Waals surface area (Å²) in [5, 5.41) is 18.4. The monoisotopic (exact) mass is 973 g/mol. The molecule has 0 radical (unpaired) electrons. The quantitative estimate of drug-likeness (QED) is 0.0233. The van der Waals surface area contributed by atoms with E-state index in [9.17, 15) is 24.2 Å². The fourth-order valence-corrected chi connectivity index (χ4v) is 9.31. The van der Waals surface area contributed by atoms with Gasteiger partial charge in [0.1, 0.15) is 12.7 Å². The molecule has 3 atom stereocenters. The van der Waals surface area contributed by atoms with Crippen molar-refractivity contribution in [3.8, 4) is 0 Å². The minimum atomic E-state index is -4.62. The Morgan fingerprint density at radius 2 is 0.731 bits per heavy atom. The Hall–Kier alpha value is -1.29. The van der Waals surface area contributed by atoms with Crippen molar-refractivity contribution < 1.29 is 47.8 Å². The summed E-state index contributed by atoms with van der Waals surface area (Å²) < 4.78 is 33.0. The van der Waals surface area contributed by atoms with Crippen LogP contribution in [0.4, 0.5) is 0 Å². The molecule has 0 heterocycles. The van der Waals surface area contributed by atoms with E-state index in [0.29, 0.717) is 12.8 Å². The van der Waals surface area contributed by atoms with E-state index in [0.717, 1.165) is 38.5 Å². The summed E-state index contributed by atoms with van der Waals surface area (Å²) >= 11 is 0. The number of carbonyl (C=O) groups is 2. The number of aliphatic hydroxyl groups is 2. The van der Waals surface area contributed by atoms with Crippen LogP contribution < -0.4 is 0 Å². The Morgan fingerprint density at radius 3 is 1.07 bits per heavy atom. The number of hydrogen-bond donors (Lipinski definition) is 3. The highest BCUT2D eigenvalue weighted by Gasteiger charge is 2.27. The average molecular weight is 973 g/mol. The Balaban J connectivity index is 4.06. The van der Waals surface area contributed by atoms with Gasteiger partial charge in [0.05, 0.1) is 19.8 Å². The summed E-state index contributed by atoms with van der Waals surface area (Å²) in [6.07, 6.45) is 56.2. The first kappa shape index (κ1) is 65.7. The number of aliphatic hydroxyl groups excluding tert-OH is 2. The van der Waals surface area contributed by atoms with Crippen LogP contribution in [0.2, 0.25) is 0 Å². The van der Waals surface area contributed by atoms with Gasteiger partial charge in [0.2, 0.25) is 0 Å². The molecule has 0 amide bonds. The molecule has 0 saturated carbocycles. The van der Waals surface area contributed by atoms with Gasteiger partial charge >= 0.3 is 19.8 Å². The molecule has 0 aliphatic rings. The number of esters is 2. The molecule has 10 nitrogen and oxygen atoms in total. The van der Waals surface area contributed by atoms with Crippen LogP contribution >= 0.6 is 7.82 Å². The van der Waals surface area contributed by atoms with Gasteiger partial charge in [0.15, 0.2) is 6.10 Å². The van der Waals surface area contributed by atoms with Crippen molar-refractivity contribution >= 4 is 19.8 Å². The third-order valence-electron chi connectivity index (χ3n) is 12.9. The number of allylic oxidation sites excluding steroid dienone is 2. The van der Waals surface area contributed by atoms with Crippen molar-refractivity contribution in [3.05, 3.63) is 12.2 Å². The first-order valence-electron chi connectivity index (χ1n) is 28.6. The Morgan fingerprint density at radius 1 is 0.433 bits per heavy atom. The predicted octanol–water partition coefficient (Wildman–Crippen LogP) is 16.7. The summed E-state index contributed by atoms with van der Waals surface area (Å²) in [7, 11) is -4.62. The van der Waals surface area contributed by atoms with Crippen molar-refractivity contribution in [2.75, 3.05) is 26.4 Å². The van der Waals surface area contributed by atoms with Crippen LogP contribution in [0.15, 0.2) is 12.2 Å². The summed E-state index contributed by atoms with van der Waals surface area (Å²) in [6.45, 7) is 2.46. The van der Waals surface area contributed by atoms with Crippen LogP contribution in [-0.2, 0) is 32.7 Å². The van der Waals surface area contributed by atoms with Crippen molar-refractivity contribution in [2.45, 2.75) is 309 Å². The van der Waals surface area contributed by atoms with Crippen LogP contribution in [0.1, 0.15) is 296 Å². The summed E-state index contributed by atoms with van der Waals surface area (Å²) in [5.41, 5.74) is 0. The predicted molar refractivity (Wildman–Crippen MR) is 279 cm³/mol. The maximum Gasteiger partial charge on any atom is 0.472 e. The van der Waals surface area contributed by atoms with Gasteiger partial charge < -0.3 is 24.6 Å². The first-order chi connectivity index (χ1) is 32.7. The average Bonchev–Trinajstić information content (AvgIpc) is 3.32. The number of rotatable bonds is 55. The number of carbonyl (C=O) groups excluding carboxylic acids is 2. The van der Waals surface area contributed by atoms with Crippen molar-refractivity contribution in [1.82, 2.24) is 0 Å². The summed E-state index contributed by atoms with van der Waals surface area (Å²) in [5.74, 6) is -0.905. The fraction of sp³-hybridized carbons (Fsp3) is 0.929. The Bertz CT molecular complexity index is 1120. The zero-order valence-corrected chi connectivity index (χ0v) is 44.8. The molecule has 0 spiro atoms. The molecule has 0 aromatic heterocycles. The van der Waals surface area contributed by atoms with Crippen LogP contribution in [-0.4, -0.2) is 65.7 Å². The molecule has 0 rings (SSSR count). The lowest BCUT2D eigenvalue weighted by Crippen LogP contribution is -2.29. The molecule has 0 aliphatic carbocycles. The van der Waals surface area contributed by atoms with E-state index in [4.69, 9.17) is 23.6 Å². The normalized spacial score (nSPS) is 13.6. The largest absolute Gasteiger partial charge is 0.472 e. The van der Waals surface area contributed by atoms with Gasteiger partial charge in [-0.15, -0.1) is 0 Å². The van der Waals surface area contributed by atoms with E-state index in [1.807, 2.05) is 0 Å². The van der Waals surface area contributed by atoms with Crippen LogP contribution in [0.25, 0.3) is 0 Å². The van der Waals surface area contributed by atoms with E-state index < -0.39 is 51.8 Å². The second kappa shape index (κ2) is 52.5. The van der Waals surface area contributed by atoms with E-state index in [1.165, 1.54) is 218 Å². The van der Waals surface area contributed by atoms with Crippen LogP contribution in [0.5, 0.6) is 0 Å². The molecule has 0 saturated heterocycles. The zero-order valence-electron chi connectivity index (χ0n) is 43.9. The molecule has 398 valence electrons. The van der Waals surface area contributed by atoms with Crippen molar-refractivity contribution in [1.29, 1.82) is 0 Å². The maximum atomic E-state index is 12.7. The molecule has 0 aromatic rings. The lowest BCUT2D eigenvalue weighted by molar-refractivity contribution is -0.161. The van der Waals surface area contributed by atoms with Gasteiger partial charge in [-0.2, -0.15) is 0 Å². The van der Waals surface area contributed by atoms with Gasteiger partial charge in [0, 0.05) is 12.8 Å². The third kappa shape index (κ3) is 52.4. The topological polar surface area (TPSA) is 149 Å². The van der Waals surface area contributed by atoms with Gasteiger partial charge in [-0.3, -0.25) is 18.6 Å². The highest BCUT2D eigenvalue weighted by atomic mass is 31.2. The lowest BCUT2D eigenvalue weighted by Gasteiger charge is -2.20. The van der Waals surface area contributed by atoms with Crippen LogP contribution in [0.3, 0.4) is 0 Å². The van der Waals surface area contributed by atoms with Gasteiger partial charge in [-0.1, -0.05) is 257 Å². The minimum absolute atomic E-state index is 0.191. The minimum Gasteiger partial charge on any atom is -0.462 e. The Labute approximate surface area is 413 Å². The second-order valence-electron chi connectivity index (χ2n) is 19.7. The maximum absolute atomic E-state index is 12.7. The highest BCUT2D eigenvalue weighted by Crippen LogP contribution is 2.43. The molecule has 3 N–H and O–H groups in total. The summed E-state index contributed by atoms with van der Waals surface area (Å²) in [4.78, 5) is 35.3. The molecular weight excluding hydrogens is 864 g/mol. The number of ether oxygens (including phenoxy) is 2. The van der Waals surface area contributed by atoms with Crippen molar-refractivity contribution in [3.63, 3.8) is 0 Å². The highest BCUT2D eigenvalue weighted by molar-refractivity contribution is 7.47. The number of phosphoric acid groups is 1. The van der Waals surface area contributed by atoms with Gasteiger partial charge in [-0.25, -0.2) is 4.57 Å². The molecule has 1 unspecified atom stereocenters. The molecule has 67 heavy (non-hydrogen) atoms. The van der Waals surface area contributed by atoms with Gasteiger partial charge in [-0.05, 0) is 38.5 Å². The van der Waals surface area contributed by atoms with E-state index >= 15 is 0 Å². The molecule has 0 bridgehead atoms. The fourth-order valence-electron chi connectivity index (χ4n) is 8.52. The molecule has 11 heteroatoms. The standard InChI is InChI=1S/C56H109O10P/c1-3-5-7-9-11-13-15-17-19-21-23-25-26-28-30-32-34-36-38-40-42-44-46-48-56(60)66-54(52-65-67(61,62)64-50-53(58)49-57)51-63-55(59)47-45-43-41-39-37-35-33-31-29-27-24-22-20-18-16-14-12-10-8-6-4-2/h18,20,53-54,57-58H,3-17,19,21-52H2,1-2H3,(H,61,62)/b20-18+/t53-,54+/m0/s1. The zero-order chi connectivity index (χ0) is 49.0. The second-order valence-corrected chi connectivity index (χ2v) is 21.1. The van der Waals surface area contributed by atoms with Gasteiger partial charge in [0.25, 0.3) is 0 Å². The first-order valence-corrected chi connectivity index (χ1v) is 30.1. The Kier molecular flexibility index (Phi) is 51.5. The number of hydrogen-bond acceptors (Lipinski definition) is 9.